The molecule has 0 unspecified atom stereocenters. The smallest absolute Gasteiger partial charge is 0.341 e. The summed E-state index contributed by atoms with van der Waals surface area (Å²) in [5.74, 6) is 0.389. The summed E-state index contributed by atoms with van der Waals surface area (Å²) in [4.78, 5) is 23.9. The van der Waals surface area contributed by atoms with E-state index >= 15 is 0 Å². The third-order valence-corrected chi connectivity index (χ3v) is 4.06. The number of carbonyl (C=O) groups excluding carboxylic acids is 2. The van der Waals surface area contributed by atoms with Crippen molar-refractivity contribution < 1.29 is 23.8 Å². The number of thiophene rings is 1. The molecule has 7 heteroatoms. The van der Waals surface area contributed by atoms with E-state index in [1.54, 1.807) is 56.9 Å². The number of hydrogen-bond acceptors (Lipinski definition) is 6. The van der Waals surface area contributed by atoms with Crippen molar-refractivity contribution >= 4 is 34.3 Å². The Bertz CT molecular complexity index is 782. The monoisotopic (exact) mass is 361 g/mol. The first-order valence-corrected chi connectivity index (χ1v) is 8.42. The Balaban J connectivity index is 2.07. The fourth-order valence-electron chi connectivity index (χ4n) is 2.06. The van der Waals surface area contributed by atoms with E-state index in [1.165, 1.54) is 17.4 Å². The second-order valence-electron chi connectivity index (χ2n) is 4.82. The van der Waals surface area contributed by atoms with Crippen molar-refractivity contribution in [2.45, 2.75) is 6.92 Å². The van der Waals surface area contributed by atoms with Gasteiger partial charge in [0.05, 0.1) is 26.4 Å². The van der Waals surface area contributed by atoms with Crippen LogP contribution >= 0.6 is 11.3 Å². The Morgan fingerprint density at radius 2 is 1.92 bits per heavy atom. The van der Waals surface area contributed by atoms with Gasteiger partial charge in [-0.05, 0) is 42.1 Å². The van der Waals surface area contributed by atoms with Crippen LogP contribution in [0.5, 0.6) is 11.5 Å². The van der Waals surface area contributed by atoms with E-state index in [-0.39, 0.29) is 12.5 Å². The highest BCUT2D eigenvalue weighted by Gasteiger charge is 2.15. The topological polar surface area (TPSA) is 73.9 Å². The Morgan fingerprint density at radius 1 is 1.16 bits per heavy atom. The average Bonchev–Trinajstić information content (AvgIpc) is 3.08. The van der Waals surface area contributed by atoms with Crippen LogP contribution in [0.3, 0.4) is 0 Å². The summed E-state index contributed by atoms with van der Waals surface area (Å²) in [7, 11) is 3.11. The zero-order chi connectivity index (χ0) is 18.2. The number of esters is 1. The molecule has 0 aliphatic carbocycles. The second kappa shape index (κ2) is 8.89. The van der Waals surface area contributed by atoms with Gasteiger partial charge in [-0.1, -0.05) is 6.07 Å². The molecule has 1 N–H and O–H groups in total. The molecular formula is C18H19NO5S. The molecule has 0 spiro atoms. The fourth-order valence-corrected chi connectivity index (χ4v) is 2.84. The van der Waals surface area contributed by atoms with Gasteiger partial charge < -0.3 is 19.5 Å². The predicted octanol–water partition coefficient (Wildman–Crippen LogP) is 3.59. The minimum absolute atomic E-state index is 0.279. The lowest BCUT2D eigenvalue weighted by Crippen LogP contribution is -2.11. The molecule has 1 aromatic heterocycles. The number of carbonyl (C=O) groups is 2. The first-order valence-electron chi connectivity index (χ1n) is 7.54. The van der Waals surface area contributed by atoms with Gasteiger partial charge in [0, 0.05) is 6.08 Å². The van der Waals surface area contributed by atoms with Crippen LogP contribution in [0.1, 0.15) is 22.8 Å². The highest BCUT2D eigenvalue weighted by Crippen LogP contribution is 2.28. The van der Waals surface area contributed by atoms with Gasteiger partial charge in [-0.2, -0.15) is 0 Å². The highest BCUT2D eigenvalue weighted by atomic mass is 32.1. The molecule has 1 heterocycles. The minimum Gasteiger partial charge on any atom is -0.493 e. The molecule has 6 nitrogen and oxygen atoms in total. The van der Waals surface area contributed by atoms with Crippen LogP contribution in [0.2, 0.25) is 0 Å². The Labute approximate surface area is 150 Å². The molecule has 2 rings (SSSR count). The van der Waals surface area contributed by atoms with Gasteiger partial charge in [-0.25, -0.2) is 4.79 Å². The molecule has 25 heavy (non-hydrogen) atoms. The molecule has 0 aliphatic rings. The van der Waals surface area contributed by atoms with E-state index in [1.807, 2.05) is 0 Å². The molecule has 1 amide bonds. The van der Waals surface area contributed by atoms with Gasteiger partial charge in [-0.3, -0.25) is 4.79 Å². The number of hydrogen-bond donors (Lipinski definition) is 1. The van der Waals surface area contributed by atoms with Crippen LogP contribution < -0.4 is 14.8 Å². The Kier molecular flexibility index (Phi) is 6.59. The zero-order valence-electron chi connectivity index (χ0n) is 14.2. The molecule has 0 atom stereocenters. The molecule has 132 valence electrons. The van der Waals surface area contributed by atoms with Crippen LogP contribution in [0.25, 0.3) is 6.08 Å². The lowest BCUT2D eigenvalue weighted by Gasteiger charge is -2.07. The molecule has 2 aromatic rings. The average molecular weight is 361 g/mol. The lowest BCUT2D eigenvalue weighted by atomic mass is 10.2. The normalized spacial score (nSPS) is 10.5. The Morgan fingerprint density at radius 3 is 2.60 bits per heavy atom. The molecule has 0 aliphatic heterocycles. The minimum atomic E-state index is -0.456. The quantitative estimate of drug-likeness (QED) is 0.602. The number of anilines is 1. The van der Waals surface area contributed by atoms with Crippen molar-refractivity contribution in [3.8, 4) is 11.5 Å². The first kappa shape index (κ1) is 18.5. The number of ether oxygens (including phenoxy) is 3. The largest absolute Gasteiger partial charge is 0.493 e. The van der Waals surface area contributed by atoms with Crippen molar-refractivity contribution in [2.24, 2.45) is 0 Å². The summed E-state index contributed by atoms with van der Waals surface area (Å²) in [6.07, 6.45) is 3.03. The Hall–Kier alpha value is -2.80. The maximum atomic E-state index is 12.1. The SMILES string of the molecule is CCOC(=O)c1ccsc1NC(=O)/C=C/c1ccc(OC)c(OC)c1. The highest BCUT2D eigenvalue weighted by molar-refractivity contribution is 7.14. The van der Waals surface area contributed by atoms with Gasteiger partial charge in [0.2, 0.25) is 5.91 Å². The summed E-state index contributed by atoms with van der Waals surface area (Å²) in [5, 5.41) is 4.87. The summed E-state index contributed by atoms with van der Waals surface area (Å²) in [6, 6.07) is 6.95. The van der Waals surface area contributed by atoms with Crippen LogP contribution in [0, 0.1) is 0 Å². The molecular weight excluding hydrogens is 342 g/mol. The van der Waals surface area contributed by atoms with Crippen LogP contribution in [-0.2, 0) is 9.53 Å². The third-order valence-electron chi connectivity index (χ3n) is 3.23. The van der Waals surface area contributed by atoms with E-state index < -0.39 is 5.97 Å². The van der Waals surface area contributed by atoms with Crippen molar-refractivity contribution in [3.63, 3.8) is 0 Å². The van der Waals surface area contributed by atoms with Gasteiger partial charge in [0.25, 0.3) is 0 Å². The lowest BCUT2D eigenvalue weighted by molar-refractivity contribution is -0.111. The van der Waals surface area contributed by atoms with Gasteiger partial charge in [-0.15, -0.1) is 11.3 Å². The van der Waals surface area contributed by atoms with Crippen molar-refractivity contribution in [3.05, 3.63) is 46.8 Å². The number of amides is 1. The van der Waals surface area contributed by atoms with Gasteiger partial charge >= 0.3 is 5.97 Å². The molecule has 0 radical (unpaired) electrons. The van der Waals surface area contributed by atoms with E-state index in [9.17, 15) is 9.59 Å². The van der Waals surface area contributed by atoms with Crippen LogP contribution in [-0.4, -0.2) is 32.7 Å². The number of benzene rings is 1. The molecule has 0 fully saturated rings. The summed E-state index contributed by atoms with van der Waals surface area (Å²) < 4.78 is 15.4. The number of nitrogens with one attached hydrogen (secondary N) is 1. The fraction of sp³-hybridized carbons (Fsp3) is 0.222. The van der Waals surface area contributed by atoms with E-state index in [0.29, 0.717) is 22.1 Å². The predicted molar refractivity (Wildman–Crippen MR) is 97.5 cm³/mol. The third kappa shape index (κ3) is 4.84. The molecule has 0 bridgehead atoms. The van der Waals surface area contributed by atoms with Crippen molar-refractivity contribution in [1.29, 1.82) is 0 Å². The summed E-state index contributed by atoms with van der Waals surface area (Å²) in [6.45, 7) is 2.01. The van der Waals surface area contributed by atoms with Crippen LogP contribution in [0.15, 0.2) is 35.7 Å². The van der Waals surface area contributed by atoms with Crippen molar-refractivity contribution in [1.82, 2.24) is 0 Å². The molecule has 1 aromatic carbocycles. The molecule has 0 saturated carbocycles. The molecule has 0 saturated heterocycles. The van der Waals surface area contributed by atoms with E-state index in [2.05, 4.69) is 5.32 Å². The van der Waals surface area contributed by atoms with Gasteiger partial charge in [0.15, 0.2) is 11.5 Å². The maximum Gasteiger partial charge on any atom is 0.341 e. The number of methoxy groups -OCH3 is 2. The second-order valence-corrected chi connectivity index (χ2v) is 5.74. The first-order chi connectivity index (χ1) is 12.1. The van der Waals surface area contributed by atoms with E-state index in [0.717, 1.165) is 5.56 Å². The van der Waals surface area contributed by atoms with E-state index in [4.69, 9.17) is 14.2 Å². The van der Waals surface area contributed by atoms with Crippen molar-refractivity contribution in [2.75, 3.05) is 26.1 Å². The summed E-state index contributed by atoms with van der Waals surface area (Å²) >= 11 is 1.26. The maximum absolute atomic E-state index is 12.1. The number of rotatable bonds is 7. The standard InChI is InChI=1S/C18H19NO5S/c1-4-24-18(21)13-9-10-25-17(13)19-16(20)8-6-12-5-7-14(22-2)15(11-12)23-3/h5-11H,4H2,1-3H3,(H,19,20)/b8-6+. The van der Waals surface area contributed by atoms with Crippen LogP contribution in [0.4, 0.5) is 5.00 Å². The van der Waals surface area contributed by atoms with Gasteiger partial charge in [0.1, 0.15) is 5.00 Å². The zero-order valence-corrected chi connectivity index (χ0v) is 15.0. The summed E-state index contributed by atoms with van der Waals surface area (Å²) in [5.41, 5.74) is 1.13.